The number of rotatable bonds is 2. The number of hydrogen-bond acceptors (Lipinski definition) is 2. The molecule has 3 rings (SSSR count). The van der Waals surface area contributed by atoms with Crippen molar-refractivity contribution in [2.75, 3.05) is 0 Å². The Balaban J connectivity index is 1.90. The summed E-state index contributed by atoms with van der Waals surface area (Å²) in [7, 11) is 0. The molecule has 1 aromatic carbocycles. The van der Waals surface area contributed by atoms with Crippen molar-refractivity contribution in [1.29, 1.82) is 0 Å². The molecule has 92 valence electrons. The molecular weight excluding hydrogens is 222 g/mol. The Bertz CT molecular complexity index is 571. The molecule has 0 saturated carbocycles. The largest absolute Gasteiger partial charge is 0.470 e. The van der Waals surface area contributed by atoms with E-state index in [1.165, 1.54) is 5.39 Å². The number of fused-ring (bicyclic) bond motifs is 1. The van der Waals surface area contributed by atoms with Gasteiger partial charge >= 0.3 is 0 Å². The topological polar surface area (TPSA) is 22.1 Å². The van der Waals surface area contributed by atoms with Gasteiger partial charge in [0.25, 0.3) is 0 Å². The smallest absolute Gasteiger partial charge is 0.221 e. The Kier molecular flexibility index (Phi) is 3.01. The Labute approximate surface area is 107 Å². The van der Waals surface area contributed by atoms with Gasteiger partial charge in [0.05, 0.1) is 0 Å². The van der Waals surface area contributed by atoms with Gasteiger partial charge in [-0.1, -0.05) is 31.2 Å². The maximum absolute atomic E-state index is 6.04. The van der Waals surface area contributed by atoms with E-state index < -0.39 is 0 Å². The molecule has 1 aromatic heterocycles. The van der Waals surface area contributed by atoms with Crippen molar-refractivity contribution in [3.05, 3.63) is 48.7 Å². The zero-order valence-corrected chi connectivity index (χ0v) is 10.5. The van der Waals surface area contributed by atoms with Crippen LogP contribution in [-0.4, -0.2) is 11.1 Å². The highest BCUT2D eigenvalue weighted by molar-refractivity contribution is 5.86. The fraction of sp³-hybridized carbons (Fsp3) is 0.312. The van der Waals surface area contributed by atoms with Crippen molar-refractivity contribution < 1.29 is 4.74 Å². The van der Waals surface area contributed by atoms with E-state index in [4.69, 9.17) is 4.74 Å². The molecule has 2 nitrogen and oxygen atoms in total. The van der Waals surface area contributed by atoms with Crippen molar-refractivity contribution in [3.8, 4) is 5.88 Å². The van der Waals surface area contributed by atoms with Crippen LogP contribution in [0.2, 0.25) is 0 Å². The van der Waals surface area contributed by atoms with E-state index in [2.05, 4.69) is 36.2 Å². The molecule has 0 saturated heterocycles. The molecule has 0 N–H and O–H groups in total. The van der Waals surface area contributed by atoms with Crippen molar-refractivity contribution in [1.82, 2.24) is 4.98 Å². The minimum Gasteiger partial charge on any atom is -0.470 e. The third-order valence-electron chi connectivity index (χ3n) is 3.42. The van der Waals surface area contributed by atoms with Gasteiger partial charge in [0.15, 0.2) is 0 Å². The average Bonchev–Trinajstić information content (AvgIpc) is 2.39. The standard InChI is InChI=1S/C16H17NO/c1-12-5-4-7-14(11-12)18-16-15-8-3-2-6-13(15)9-10-17-16/h2-4,6-10,12,14H,5,11H2,1H3. The van der Waals surface area contributed by atoms with Gasteiger partial charge < -0.3 is 4.74 Å². The molecule has 2 atom stereocenters. The maximum Gasteiger partial charge on any atom is 0.221 e. The molecule has 0 radical (unpaired) electrons. The highest BCUT2D eigenvalue weighted by Gasteiger charge is 2.16. The van der Waals surface area contributed by atoms with Gasteiger partial charge in [-0.3, -0.25) is 0 Å². The van der Waals surface area contributed by atoms with Crippen LogP contribution in [0, 0.1) is 5.92 Å². The Morgan fingerprint density at radius 2 is 2.11 bits per heavy atom. The first-order valence-corrected chi connectivity index (χ1v) is 6.50. The van der Waals surface area contributed by atoms with E-state index in [9.17, 15) is 0 Å². The molecule has 2 unspecified atom stereocenters. The lowest BCUT2D eigenvalue weighted by atomic mass is 9.94. The van der Waals surface area contributed by atoms with Gasteiger partial charge in [-0.2, -0.15) is 0 Å². The Morgan fingerprint density at radius 3 is 3.00 bits per heavy atom. The van der Waals surface area contributed by atoms with Gasteiger partial charge in [-0.15, -0.1) is 0 Å². The molecular formula is C16H17NO. The third-order valence-corrected chi connectivity index (χ3v) is 3.42. The van der Waals surface area contributed by atoms with E-state index in [0.29, 0.717) is 5.92 Å². The first kappa shape index (κ1) is 11.3. The highest BCUT2D eigenvalue weighted by atomic mass is 16.5. The van der Waals surface area contributed by atoms with Crippen molar-refractivity contribution >= 4 is 10.8 Å². The van der Waals surface area contributed by atoms with Crippen LogP contribution in [0.3, 0.4) is 0 Å². The summed E-state index contributed by atoms with van der Waals surface area (Å²) >= 11 is 0. The number of pyridine rings is 1. The van der Waals surface area contributed by atoms with Crippen LogP contribution in [0.4, 0.5) is 0 Å². The number of hydrogen-bond donors (Lipinski definition) is 0. The van der Waals surface area contributed by atoms with Crippen molar-refractivity contribution in [2.24, 2.45) is 5.92 Å². The van der Waals surface area contributed by atoms with Crippen LogP contribution in [0.25, 0.3) is 10.8 Å². The molecule has 2 aromatic rings. The summed E-state index contributed by atoms with van der Waals surface area (Å²) in [4.78, 5) is 4.37. The van der Waals surface area contributed by atoms with E-state index in [1.54, 1.807) is 0 Å². The van der Waals surface area contributed by atoms with Crippen LogP contribution in [0.5, 0.6) is 5.88 Å². The highest BCUT2D eigenvalue weighted by Crippen LogP contribution is 2.27. The molecule has 0 fully saturated rings. The minimum absolute atomic E-state index is 0.159. The number of ether oxygens (including phenoxy) is 1. The van der Waals surface area contributed by atoms with Crippen LogP contribution < -0.4 is 4.74 Å². The zero-order valence-electron chi connectivity index (χ0n) is 10.5. The first-order chi connectivity index (χ1) is 8.83. The lowest BCUT2D eigenvalue weighted by Crippen LogP contribution is -2.20. The normalized spacial score (nSPS) is 23.2. The second-order valence-electron chi connectivity index (χ2n) is 5.00. The SMILES string of the molecule is CC1CC=CC(Oc2nccc3ccccc23)C1. The van der Waals surface area contributed by atoms with Crippen LogP contribution in [0.1, 0.15) is 19.8 Å². The van der Waals surface area contributed by atoms with Gasteiger partial charge in [-0.25, -0.2) is 4.98 Å². The summed E-state index contributed by atoms with van der Waals surface area (Å²) in [6.45, 7) is 2.26. The van der Waals surface area contributed by atoms with Gasteiger partial charge in [0.1, 0.15) is 6.10 Å². The van der Waals surface area contributed by atoms with E-state index >= 15 is 0 Å². The molecule has 18 heavy (non-hydrogen) atoms. The minimum atomic E-state index is 0.159. The van der Waals surface area contributed by atoms with Crippen molar-refractivity contribution in [2.45, 2.75) is 25.9 Å². The second kappa shape index (κ2) is 4.81. The fourth-order valence-electron chi connectivity index (χ4n) is 2.45. The summed E-state index contributed by atoms with van der Waals surface area (Å²) < 4.78 is 6.04. The molecule has 1 aliphatic carbocycles. The van der Waals surface area contributed by atoms with E-state index in [0.717, 1.165) is 24.1 Å². The molecule has 1 heterocycles. The summed E-state index contributed by atoms with van der Waals surface area (Å²) in [5, 5.41) is 2.27. The molecule has 0 amide bonds. The van der Waals surface area contributed by atoms with Gasteiger partial charge in [-0.05, 0) is 42.4 Å². The lowest BCUT2D eigenvalue weighted by Gasteiger charge is -2.22. The molecule has 1 aliphatic rings. The number of allylic oxidation sites excluding steroid dienone is 1. The van der Waals surface area contributed by atoms with E-state index in [1.807, 2.05) is 24.4 Å². The maximum atomic E-state index is 6.04. The second-order valence-corrected chi connectivity index (χ2v) is 5.00. The molecule has 0 spiro atoms. The van der Waals surface area contributed by atoms with Gasteiger partial charge in [0, 0.05) is 11.6 Å². The summed E-state index contributed by atoms with van der Waals surface area (Å²) in [6, 6.07) is 10.2. The van der Waals surface area contributed by atoms with Gasteiger partial charge in [0.2, 0.25) is 5.88 Å². The quantitative estimate of drug-likeness (QED) is 0.740. The fourth-order valence-corrected chi connectivity index (χ4v) is 2.45. The summed E-state index contributed by atoms with van der Waals surface area (Å²) in [6.07, 6.45) is 8.57. The van der Waals surface area contributed by atoms with Crippen LogP contribution in [-0.2, 0) is 0 Å². The van der Waals surface area contributed by atoms with Crippen LogP contribution >= 0.6 is 0 Å². The zero-order chi connectivity index (χ0) is 12.4. The number of nitrogens with zero attached hydrogens (tertiary/aromatic N) is 1. The molecule has 2 heteroatoms. The number of benzene rings is 1. The average molecular weight is 239 g/mol. The predicted octanol–water partition coefficient (Wildman–Crippen LogP) is 3.97. The summed E-state index contributed by atoms with van der Waals surface area (Å²) in [5.74, 6) is 1.44. The molecule has 0 aliphatic heterocycles. The van der Waals surface area contributed by atoms with E-state index in [-0.39, 0.29) is 6.10 Å². The number of aromatic nitrogens is 1. The van der Waals surface area contributed by atoms with Crippen LogP contribution in [0.15, 0.2) is 48.7 Å². The monoisotopic (exact) mass is 239 g/mol. The Morgan fingerprint density at radius 1 is 1.22 bits per heavy atom. The third kappa shape index (κ3) is 2.23. The first-order valence-electron chi connectivity index (χ1n) is 6.50. The Hall–Kier alpha value is -1.83. The summed E-state index contributed by atoms with van der Waals surface area (Å²) in [5.41, 5.74) is 0. The van der Waals surface area contributed by atoms with Crippen molar-refractivity contribution in [3.63, 3.8) is 0 Å². The predicted molar refractivity (Wildman–Crippen MR) is 73.7 cm³/mol. The molecule has 0 bridgehead atoms. The lowest BCUT2D eigenvalue weighted by molar-refractivity contribution is 0.202.